The van der Waals surface area contributed by atoms with Gasteiger partial charge < -0.3 is 16.4 Å². The molecule has 2 aromatic rings. The molecule has 6 nitrogen and oxygen atoms in total. The maximum Gasteiger partial charge on any atom is 0.322 e. The zero-order chi connectivity index (χ0) is 23.5. The Kier molecular flexibility index (Phi) is 6.62. The Bertz CT molecular complexity index is 1070. The number of halogens is 2. The lowest BCUT2D eigenvalue weighted by atomic mass is 9.85. The van der Waals surface area contributed by atoms with Crippen LogP contribution in [0, 0.1) is 11.6 Å². The average Bonchev–Trinajstić information content (AvgIpc) is 2.72. The summed E-state index contributed by atoms with van der Waals surface area (Å²) >= 11 is 0. The van der Waals surface area contributed by atoms with Crippen LogP contribution in [0.5, 0.6) is 0 Å². The highest BCUT2D eigenvalue weighted by atomic mass is 19.1. The number of hydrogen-bond donors (Lipinski definition) is 3. The van der Waals surface area contributed by atoms with Crippen LogP contribution in [0.2, 0.25) is 0 Å². The number of rotatable bonds is 7. The Hall–Kier alpha value is -3.68. The first kappa shape index (κ1) is 23.0. The number of urea groups is 1. The van der Waals surface area contributed by atoms with Gasteiger partial charge in [-0.3, -0.25) is 9.69 Å². The number of nitrogens with zero attached hydrogens (tertiary/aromatic N) is 1. The minimum Gasteiger partial charge on any atom is -0.376 e. The van der Waals surface area contributed by atoms with Gasteiger partial charge in [-0.25, -0.2) is 13.6 Å². The molecule has 3 rings (SSSR count). The normalized spacial score (nSPS) is 20.8. The van der Waals surface area contributed by atoms with Crippen molar-refractivity contribution < 1.29 is 18.4 Å². The Labute approximate surface area is 185 Å². The standard InChI is InChI=1S/C24H26F2N4O2/c1-15(2)7-4-12-20-24(3,29-17-9-5-8-16(13-17)22(27)31)14-28-23(32)30(20)21-18(25)10-6-11-19(21)26/h4-11,13,20,29H,1,12,14H2,2-3H3,(H2,27,31)(H,28,32)/b7-4-/t20-,24?/m0/s1. The van der Waals surface area contributed by atoms with Gasteiger partial charge in [0.05, 0.1) is 11.6 Å². The zero-order valence-electron chi connectivity index (χ0n) is 18.0. The number of carbonyl (C=O) groups is 2. The van der Waals surface area contributed by atoms with E-state index >= 15 is 0 Å². The number of benzene rings is 2. The topological polar surface area (TPSA) is 87.5 Å². The lowest BCUT2D eigenvalue weighted by Crippen LogP contribution is -2.69. The summed E-state index contributed by atoms with van der Waals surface area (Å²) in [6.07, 6.45) is 3.90. The van der Waals surface area contributed by atoms with Gasteiger partial charge in [0.15, 0.2) is 0 Å². The van der Waals surface area contributed by atoms with Crippen molar-refractivity contribution >= 4 is 23.3 Å². The first-order valence-corrected chi connectivity index (χ1v) is 10.1. The van der Waals surface area contributed by atoms with Crippen LogP contribution >= 0.6 is 0 Å². The molecule has 32 heavy (non-hydrogen) atoms. The molecule has 2 aromatic carbocycles. The number of nitrogens with one attached hydrogen (secondary N) is 2. The summed E-state index contributed by atoms with van der Waals surface area (Å²) < 4.78 is 29.4. The van der Waals surface area contributed by atoms with E-state index in [1.165, 1.54) is 6.07 Å². The van der Waals surface area contributed by atoms with Crippen LogP contribution in [-0.4, -0.2) is 30.1 Å². The number of amides is 3. The summed E-state index contributed by atoms with van der Waals surface area (Å²) in [6, 6.07) is 8.82. The molecule has 1 aliphatic heterocycles. The fraction of sp³-hybridized carbons (Fsp3) is 0.250. The molecule has 1 unspecified atom stereocenters. The largest absolute Gasteiger partial charge is 0.376 e. The van der Waals surface area contributed by atoms with E-state index in [4.69, 9.17) is 5.73 Å². The van der Waals surface area contributed by atoms with Crippen molar-refractivity contribution in [3.8, 4) is 0 Å². The minimum absolute atomic E-state index is 0.185. The molecule has 1 saturated heterocycles. The Morgan fingerprint density at radius 3 is 2.59 bits per heavy atom. The first-order chi connectivity index (χ1) is 15.1. The van der Waals surface area contributed by atoms with Crippen LogP contribution in [0.3, 0.4) is 0 Å². The second kappa shape index (κ2) is 9.21. The van der Waals surface area contributed by atoms with Crippen molar-refractivity contribution in [3.63, 3.8) is 0 Å². The summed E-state index contributed by atoms with van der Waals surface area (Å²) in [7, 11) is 0. The van der Waals surface area contributed by atoms with Crippen LogP contribution < -0.4 is 21.3 Å². The van der Waals surface area contributed by atoms with E-state index in [1.54, 1.807) is 30.3 Å². The predicted molar refractivity (Wildman–Crippen MR) is 122 cm³/mol. The summed E-state index contributed by atoms with van der Waals surface area (Å²) in [6.45, 7) is 7.68. The number of anilines is 2. The van der Waals surface area contributed by atoms with Gasteiger partial charge in [0.25, 0.3) is 0 Å². The van der Waals surface area contributed by atoms with Crippen molar-refractivity contribution in [2.75, 3.05) is 16.8 Å². The Morgan fingerprint density at radius 1 is 1.31 bits per heavy atom. The number of hydrogen-bond acceptors (Lipinski definition) is 3. The fourth-order valence-electron chi connectivity index (χ4n) is 3.84. The predicted octanol–water partition coefficient (Wildman–Crippen LogP) is 4.36. The number of carbonyl (C=O) groups excluding carboxylic acids is 2. The summed E-state index contributed by atoms with van der Waals surface area (Å²) in [5, 5.41) is 6.05. The summed E-state index contributed by atoms with van der Waals surface area (Å²) in [5.74, 6) is -2.25. The maximum atomic E-state index is 14.7. The molecule has 0 bridgehead atoms. The van der Waals surface area contributed by atoms with Gasteiger partial charge in [0.1, 0.15) is 17.3 Å². The highest BCUT2D eigenvalue weighted by Gasteiger charge is 2.46. The van der Waals surface area contributed by atoms with Crippen molar-refractivity contribution in [2.24, 2.45) is 5.73 Å². The van der Waals surface area contributed by atoms with E-state index in [2.05, 4.69) is 17.2 Å². The third-order valence-corrected chi connectivity index (χ3v) is 5.39. The molecule has 0 spiro atoms. The highest BCUT2D eigenvalue weighted by Crippen LogP contribution is 2.35. The smallest absolute Gasteiger partial charge is 0.322 e. The van der Waals surface area contributed by atoms with Gasteiger partial charge in [-0.15, -0.1) is 0 Å². The molecule has 1 heterocycles. The molecule has 168 valence electrons. The quantitative estimate of drug-likeness (QED) is 0.559. The van der Waals surface area contributed by atoms with E-state index < -0.39 is 40.8 Å². The summed E-state index contributed by atoms with van der Waals surface area (Å²) in [4.78, 5) is 25.5. The lowest BCUT2D eigenvalue weighted by Gasteiger charge is -2.48. The second-order valence-corrected chi connectivity index (χ2v) is 8.09. The van der Waals surface area contributed by atoms with Gasteiger partial charge in [-0.1, -0.05) is 36.4 Å². The van der Waals surface area contributed by atoms with E-state index in [0.717, 1.165) is 22.6 Å². The van der Waals surface area contributed by atoms with Crippen molar-refractivity contribution in [3.05, 3.63) is 84.0 Å². The van der Waals surface area contributed by atoms with E-state index in [1.807, 2.05) is 19.9 Å². The van der Waals surface area contributed by atoms with E-state index in [9.17, 15) is 18.4 Å². The van der Waals surface area contributed by atoms with Crippen LogP contribution in [0.15, 0.2) is 66.8 Å². The van der Waals surface area contributed by atoms with Crippen LogP contribution in [0.25, 0.3) is 0 Å². The molecule has 1 aliphatic rings. The molecule has 0 saturated carbocycles. The number of allylic oxidation sites excluding steroid dienone is 2. The van der Waals surface area contributed by atoms with Crippen molar-refractivity contribution in [2.45, 2.75) is 31.8 Å². The third-order valence-electron chi connectivity index (χ3n) is 5.39. The van der Waals surface area contributed by atoms with E-state index in [0.29, 0.717) is 17.7 Å². The molecule has 8 heteroatoms. The Balaban J connectivity index is 2.07. The number of nitrogens with two attached hydrogens (primary N) is 1. The molecular formula is C24H26F2N4O2. The molecule has 0 aromatic heterocycles. The van der Waals surface area contributed by atoms with Crippen LogP contribution in [0.1, 0.15) is 30.6 Å². The molecule has 2 atom stereocenters. The SMILES string of the molecule is C=C(C)/C=C\C[C@@H]1N(c2c(F)cccc2F)C(=O)NCC1(C)Nc1cccc(C(N)=O)c1. The van der Waals surface area contributed by atoms with Gasteiger partial charge in [0.2, 0.25) is 5.91 Å². The molecule has 0 radical (unpaired) electrons. The van der Waals surface area contributed by atoms with Gasteiger partial charge in [-0.2, -0.15) is 0 Å². The van der Waals surface area contributed by atoms with Crippen molar-refractivity contribution in [1.29, 1.82) is 0 Å². The number of primary amides is 1. The second-order valence-electron chi connectivity index (χ2n) is 8.09. The third kappa shape index (κ3) is 4.80. The minimum atomic E-state index is -0.863. The summed E-state index contributed by atoms with van der Waals surface area (Å²) in [5.41, 5.74) is 5.81. The van der Waals surface area contributed by atoms with Crippen molar-refractivity contribution in [1.82, 2.24) is 5.32 Å². The monoisotopic (exact) mass is 440 g/mol. The zero-order valence-corrected chi connectivity index (χ0v) is 18.0. The van der Waals surface area contributed by atoms with Crippen LogP contribution in [-0.2, 0) is 0 Å². The lowest BCUT2D eigenvalue weighted by molar-refractivity contribution is 0.1000. The Morgan fingerprint density at radius 2 is 1.97 bits per heavy atom. The first-order valence-electron chi connectivity index (χ1n) is 10.1. The molecule has 0 aliphatic carbocycles. The average molecular weight is 440 g/mol. The highest BCUT2D eigenvalue weighted by molar-refractivity contribution is 5.95. The van der Waals surface area contributed by atoms with Crippen LogP contribution in [0.4, 0.5) is 25.0 Å². The maximum absolute atomic E-state index is 14.7. The van der Waals surface area contributed by atoms with E-state index in [-0.39, 0.29) is 6.54 Å². The molecule has 3 amide bonds. The molecule has 4 N–H and O–H groups in total. The van der Waals surface area contributed by atoms with Gasteiger partial charge >= 0.3 is 6.03 Å². The molecule has 1 fully saturated rings. The van der Waals surface area contributed by atoms with Gasteiger partial charge in [0, 0.05) is 17.8 Å². The number of para-hydroxylation sites is 1. The molecular weight excluding hydrogens is 414 g/mol. The fourth-order valence-corrected chi connectivity index (χ4v) is 3.84. The van der Waals surface area contributed by atoms with Gasteiger partial charge in [-0.05, 0) is 50.6 Å².